The Morgan fingerprint density at radius 2 is 2.10 bits per heavy atom. The Balaban J connectivity index is 1.77. The lowest BCUT2D eigenvalue weighted by molar-refractivity contribution is 0.0941. The van der Waals surface area contributed by atoms with Gasteiger partial charge in [-0.1, -0.05) is 18.2 Å². The normalized spacial score (nSPS) is 10.1. The zero-order chi connectivity index (χ0) is 14.4. The van der Waals surface area contributed by atoms with Gasteiger partial charge in [-0.05, 0) is 36.8 Å². The largest absolute Gasteiger partial charge is 0.492 e. The topological polar surface area (TPSA) is 51.2 Å². The van der Waals surface area contributed by atoms with E-state index in [2.05, 4.69) is 10.3 Å². The lowest BCUT2D eigenvalue weighted by Crippen LogP contribution is -2.28. The molecule has 0 saturated carbocycles. The quantitative estimate of drug-likeness (QED) is 0.672. The number of nitrogens with one attached hydrogen (secondary N) is 1. The monoisotopic (exact) mass is 274 g/mol. The maximum absolute atomic E-state index is 12.9. The number of benzene rings is 1. The summed E-state index contributed by atoms with van der Waals surface area (Å²) in [7, 11) is 0. The van der Waals surface area contributed by atoms with Crippen LogP contribution in [0.15, 0.2) is 42.5 Å². The molecule has 1 aromatic carbocycles. The number of aryl methyl sites for hydroxylation is 1. The highest BCUT2D eigenvalue weighted by atomic mass is 19.1. The second-order valence-corrected chi connectivity index (χ2v) is 4.27. The number of hydrogen-bond acceptors (Lipinski definition) is 3. The van der Waals surface area contributed by atoms with Gasteiger partial charge in [0.1, 0.15) is 18.1 Å². The van der Waals surface area contributed by atoms with Crippen molar-refractivity contribution >= 4 is 5.91 Å². The molecule has 0 aliphatic heterocycles. The van der Waals surface area contributed by atoms with Gasteiger partial charge >= 0.3 is 0 Å². The van der Waals surface area contributed by atoms with Crippen LogP contribution in [-0.4, -0.2) is 24.0 Å². The second kappa shape index (κ2) is 6.65. The number of carbonyl (C=O) groups excluding carboxylic acids is 1. The Morgan fingerprint density at radius 1 is 1.30 bits per heavy atom. The molecule has 2 rings (SSSR count). The van der Waals surface area contributed by atoms with Crippen LogP contribution in [0.2, 0.25) is 0 Å². The molecule has 0 fully saturated rings. The summed E-state index contributed by atoms with van der Waals surface area (Å²) in [5.74, 6) is -0.339. The SMILES string of the molecule is Cc1cccc(OCCNC(=O)c2cccc(F)n2)c1. The van der Waals surface area contributed by atoms with Crippen molar-refractivity contribution in [3.05, 3.63) is 59.7 Å². The third-order valence-corrected chi connectivity index (χ3v) is 2.59. The summed E-state index contributed by atoms with van der Waals surface area (Å²) in [6.07, 6.45) is 0. The van der Waals surface area contributed by atoms with Crippen molar-refractivity contribution in [2.24, 2.45) is 0 Å². The minimum Gasteiger partial charge on any atom is -0.492 e. The lowest BCUT2D eigenvalue weighted by Gasteiger charge is -2.08. The first kappa shape index (κ1) is 14.0. The zero-order valence-electron chi connectivity index (χ0n) is 11.1. The highest BCUT2D eigenvalue weighted by Crippen LogP contribution is 2.11. The van der Waals surface area contributed by atoms with E-state index < -0.39 is 11.9 Å². The number of ether oxygens (including phenoxy) is 1. The number of rotatable bonds is 5. The number of nitrogens with zero attached hydrogens (tertiary/aromatic N) is 1. The third kappa shape index (κ3) is 4.05. The molecule has 5 heteroatoms. The van der Waals surface area contributed by atoms with Crippen LogP contribution in [-0.2, 0) is 0 Å². The van der Waals surface area contributed by atoms with Crippen LogP contribution in [0.3, 0.4) is 0 Å². The molecule has 1 amide bonds. The fraction of sp³-hybridized carbons (Fsp3) is 0.200. The van der Waals surface area contributed by atoms with Crippen molar-refractivity contribution in [2.75, 3.05) is 13.2 Å². The molecule has 2 aromatic rings. The fourth-order valence-electron chi connectivity index (χ4n) is 1.66. The van der Waals surface area contributed by atoms with Crippen LogP contribution >= 0.6 is 0 Å². The molecule has 0 aliphatic rings. The van der Waals surface area contributed by atoms with Crippen LogP contribution < -0.4 is 10.1 Å². The van der Waals surface area contributed by atoms with Crippen LogP contribution in [0.25, 0.3) is 0 Å². The van der Waals surface area contributed by atoms with E-state index in [0.717, 1.165) is 11.3 Å². The third-order valence-electron chi connectivity index (χ3n) is 2.59. The van der Waals surface area contributed by atoms with Crippen LogP contribution in [0, 0.1) is 12.9 Å². The van der Waals surface area contributed by atoms with Gasteiger partial charge in [0, 0.05) is 0 Å². The molecule has 0 unspecified atom stereocenters. The van der Waals surface area contributed by atoms with Crippen LogP contribution in [0.4, 0.5) is 4.39 Å². The predicted octanol–water partition coefficient (Wildman–Crippen LogP) is 2.34. The van der Waals surface area contributed by atoms with E-state index in [1.165, 1.54) is 18.2 Å². The van der Waals surface area contributed by atoms with Crippen molar-refractivity contribution in [3.63, 3.8) is 0 Å². The molecule has 0 aliphatic carbocycles. The van der Waals surface area contributed by atoms with E-state index in [1.807, 2.05) is 31.2 Å². The number of carbonyl (C=O) groups is 1. The van der Waals surface area contributed by atoms with Gasteiger partial charge in [0.05, 0.1) is 6.54 Å². The Hall–Kier alpha value is -2.43. The Bertz CT molecular complexity index is 602. The van der Waals surface area contributed by atoms with Gasteiger partial charge in [-0.15, -0.1) is 0 Å². The summed E-state index contributed by atoms with van der Waals surface area (Å²) in [5, 5.41) is 2.62. The van der Waals surface area contributed by atoms with Gasteiger partial charge in [-0.3, -0.25) is 4.79 Å². The van der Waals surface area contributed by atoms with Gasteiger partial charge < -0.3 is 10.1 Å². The first-order valence-electron chi connectivity index (χ1n) is 6.25. The molecule has 1 N–H and O–H groups in total. The summed E-state index contributed by atoms with van der Waals surface area (Å²) < 4.78 is 18.3. The van der Waals surface area contributed by atoms with Gasteiger partial charge in [0.15, 0.2) is 0 Å². The summed E-state index contributed by atoms with van der Waals surface area (Å²) >= 11 is 0. The maximum atomic E-state index is 12.9. The lowest BCUT2D eigenvalue weighted by atomic mass is 10.2. The average Bonchev–Trinajstić information content (AvgIpc) is 2.43. The molecule has 0 spiro atoms. The van der Waals surface area contributed by atoms with Crippen molar-refractivity contribution in [1.29, 1.82) is 0 Å². The first-order valence-corrected chi connectivity index (χ1v) is 6.25. The molecule has 0 bridgehead atoms. The Kier molecular flexibility index (Phi) is 4.65. The highest BCUT2D eigenvalue weighted by molar-refractivity contribution is 5.92. The molecule has 104 valence electrons. The minimum absolute atomic E-state index is 0.0561. The molecular formula is C15H15FN2O2. The van der Waals surface area contributed by atoms with E-state index in [4.69, 9.17) is 4.74 Å². The van der Waals surface area contributed by atoms with E-state index in [0.29, 0.717) is 13.2 Å². The first-order chi connectivity index (χ1) is 9.65. The molecular weight excluding hydrogens is 259 g/mol. The average molecular weight is 274 g/mol. The molecule has 0 radical (unpaired) electrons. The highest BCUT2D eigenvalue weighted by Gasteiger charge is 2.07. The van der Waals surface area contributed by atoms with Crippen molar-refractivity contribution in [2.45, 2.75) is 6.92 Å². The molecule has 0 saturated heterocycles. The number of amides is 1. The molecule has 20 heavy (non-hydrogen) atoms. The van der Waals surface area contributed by atoms with E-state index >= 15 is 0 Å². The van der Waals surface area contributed by atoms with E-state index in [-0.39, 0.29) is 5.69 Å². The smallest absolute Gasteiger partial charge is 0.270 e. The summed E-state index contributed by atoms with van der Waals surface area (Å²) in [5.41, 5.74) is 1.16. The van der Waals surface area contributed by atoms with Gasteiger partial charge in [0.25, 0.3) is 5.91 Å². The Labute approximate surface area is 116 Å². The number of aromatic nitrogens is 1. The predicted molar refractivity (Wildman–Crippen MR) is 73.2 cm³/mol. The summed E-state index contributed by atoms with van der Waals surface area (Å²) in [4.78, 5) is 15.2. The minimum atomic E-state index is -0.673. The Morgan fingerprint density at radius 3 is 2.85 bits per heavy atom. The standard InChI is InChI=1S/C15H15FN2O2/c1-11-4-2-5-12(10-11)20-9-8-17-15(19)13-6-3-7-14(16)18-13/h2-7,10H,8-9H2,1H3,(H,17,19). The maximum Gasteiger partial charge on any atom is 0.270 e. The van der Waals surface area contributed by atoms with E-state index in [1.54, 1.807) is 0 Å². The summed E-state index contributed by atoms with van der Waals surface area (Å²) in [6, 6.07) is 11.7. The van der Waals surface area contributed by atoms with Crippen molar-refractivity contribution in [1.82, 2.24) is 10.3 Å². The molecule has 4 nitrogen and oxygen atoms in total. The molecule has 1 aromatic heterocycles. The summed E-state index contributed by atoms with van der Waals surface area (Å²) in [6.45, 7) is 2.64. The van der Waals surface area contributed by atoms with Crippen LogP contribution in [0.5, 0.6) is 5.75 Å². The number of halogens is 1. The van der Waals surface area contributed by atoms with Gasteiger partial charge in [0.2, 0.25) is 5.95 Å². The number of pyridine rings is 1. The zero-order valence-corrected chi connectivity index (χ0v) is 11.1. The second-order valence-electron chi connectivity index (χ2n) is 4.27. The van der Waals surface area contributed by atoms with Crippen molar-refractivity contribution < 1.29 is 13.9 Å². The fourth-order valence-corrected chi connectivity index (χ4v) is 1.66. The van der Waals surface area contributed by atoms with Crippen molar-refractivity contribution in [3.8, 4) is 5.75 Å². The number of hydrogen-bond donors (Lipinski definition) is 1. The van der Waals surface area contributed by atoms with E-state index in [9.17, 15) is 9.18 Å². The molecule has 0 atom stereocenters. The van der Waals surface area contributed by atoms with Gasteiger partial charge in [-0.25, -0.2) is 4.98 Å². The molecule has 1 heterocycles. The van der Waals surface area contributed by atoms with Crippen LogP contribution in [0.1, 0.15) is 16.1 Å². The van der Waals surface area contributed by atoms with Gasteiger partial charge in [-0.2, -0.15) is 4.39 Å².